The van der Waals surface area contributed by atoms with E-state index in [1.54, 1.807) is 24.3 Å². The maximum absolute atomic E-state index is 12.7. The molecule has 1 aliphatic rings. The SMILES string of the molecule is CN1CCC(COC(=O)Cc2cccc(O)c2-c2cccc(OCCCCCNC[C@H](O)c3ccc(O)c4[nH]c(=O)ccc34)c2)CC1. The maximum Gasteiger partial charge on any atom is 0.310 e. The summed E-state index contributed by atoms with van der Waals surface area (Å²) in [6.45, 7) is 4.06. The molecule has 10 nitrogen and oxygen atoms in total. The number of carbonyl (C=O) groups excluding carboxylic acids is 1. The van der Waals surface area contributed by atoms with Gasteiger partial charge < -0.3 is 40.0 Å². The quantitative estimate of drug-likeness (QED) is 0.0902. The number of nitrogens with one attached hydrogen (secondary N) is 2. The van der Waals surface area contributed by atoms with Crippen LogP contribution in [0.25, 0.3) is 22.0 Å². The number of pyridine rings is 1. The van der Waals surface area contributed by atoms with Gasteiger partial charge in [0.1, 0.15) is 17.2 Å². The van der Waals surface area contributed by atoms with Gasteiger partial charge in [0.25, 0.3) is 0 Å². The van der Waals surface area contributed by atoms with Gasteiger partial charge in [-0.2, -0.15) is 0 Å². The molecule has 47 heavy (non-hydrogen) atoms. The lowest BCUT2D eigenvalue weighted by Gasteiger charge is -2.28. The summed E-state index contributed by atoms with van der Waals surface area (Å²) in [6, 6.07) is 18.9. The predicted molar refractivity (Wildman–Crippen MR) is 182 cm³/mol. The number of carbonyl (C=O) groups is 1. The Hall–Kier alpha value is -4.38. The van der Waals surface area contributed by atoms with Crippen molar-refractivity contribution in [3.8, 4) is 28.4 Å². The number of aromatic amines is 1. The number of benzene rings is 3. The van der Waals surface area contributed by atoms with Crippen LogP contribution in [0.15, 0.2) is 71.5 Å². The first-order valence-electron chi connectivity index (χ1n) is 16.4. The van der Waals surface area contributed by atoms with E-state index in [9.17, 15) is 24.9 Å². The fourth-order valence-corrected chi connectivity index (χ4v) is 6.07. The number of aromatic nitrogens is 1. The summed E-state index contributed by atoms with van der Waals surface area (Å²) in [7, 11) is 2.11. The van der Waals surface area contributed by atoms with E-state index in [2.05, 4.69) is 22.2 Å². The van der Waals surface area contributed by atoms with Gasteiger partial charge in [0.2, 0.25) is 5.56 Å². The highest BCUT2D eigenvalue weighted by Crippen LogP contribution is 2.35. The second-order valence-corrected chi connectivity index (χ2v) is 12.4. The average molecular weight is 644 g/mol. The third-order valence-electron chi connectivity index (χ3n) is 8.77. The van der Waals surface area contributed by atoms with Crippen LogP contribution in [0.1, 0.15) is 49.3 Å². The fourth-order valence-electron chi connectivity index (χ4n) is 6.07. The molecule has 1 aromatic heterocycles. The maximum atomic E-state index is 12.7. The number of unbranched alkanes of at least 4 members (excludes halogenated alkanes) is 2. The van der Waals surface area contributed by atoms with Gasteiger partial charge in [-0.3, -0.25) is 9.59 Å². The van der Waals surface area contributed by atoms with Crippen LogP contribution in [0, 0.1) is 5.92 Å². The largest absolute Gasteiger partial charge is 0.507 e. The topological polar surface area (TPSA) is 144 Å². The minimum absolute atomic E-state index is 0.0333. The van der Waals surface area contributed by atoms with E-state index in [0.29, 0.717) is 59.0 Å². The van der Waals surface area contributed by atoms with Gasteiger partial charge >= 0.3 is 5.97 Å². The normalized spacial score (nSPS) is 14.7. The average Bonchev–Trinajstić information content (AvgIpc) is 3.06. The number of phenols is 2. The van der Waals surface area contributed by atoms with Crippen molar-refractivity contribution in [3.05, 3.63) is 88.2 Å². The van der Waals surface area contributed by atoms with Crippen LogP contribution < -0.4 is 15.6 Å². The number of rotatable bonds is 15. The number of aromatic hydroxyl groups is 2. The Labute approximate surface area is 275 Å². The molecule has 2 heterocycles. The lowest BCUT2D eigenvalue weighted by Crippen LogP contribution is -2.32. The van der Waals surface area contributed by atoms with E-state index in [1.165, 1.54) is 12.1 Å². The second-order valence-electron chi connectivity index (χ2n) is 12.4. The number of aliphatic hydroxyl groups excluding tert-OH is 1. The minimum Gasteiger partial charge on any atom is -0.507 e. The van der Waals surface area contributed by atoms with Crippen molar-refractivity contribution in [1.29, 1.82) is 0 Å². The van der Waals surface area contributed by atoms with Gasteiger partial charge in [0.05, 0.1) is 31.3 Å². The Morgan fingerprint density at radius 1 is 1.00 bits per heavy atom. The van der Waals surface area contributed by atoms with Gasteiger partial charge in [-0.1, -0.05) is 30.3 Å². The summed E-state index contributed by atoms with van der Waals surface area (Å²) in [5.74, 6) is 0.857. The molecule has 0 spiro atoms. The summed E-state index contributed by atoms with van der Waals surface area (Å²) in [6.07, 6.45) is 4.01. The molecule has 1 aliphatic heterocycles. The molecule has 1 atom stereocenters. The third-order valence-corrected chi connectivity index (χ3v) is 8.77. The molecule has 4 aromatic rings. The van der Waals surface area contributed by atoms with Crippen LogP contribution >= 0.6 is 0 Å². The molecule has 0 saturated carbocycles. The predicted octanol–water partition coefficient (Wildman–Crippen LogP) is 4.91. The van der Waals surface area contributed by atoms with Crippen LogP contribution in [-0.4, -0.2) is 77.6 Å². The molecule has 0 aliphatic carbocycles. The number of fused-ring (bicyclic) bond motifs is 1. The smallest absolute Gasteiger partial charge is 0.310 e. The Morgan fingerprint density at radius 2 is 1.81 bits per heavy atom. The first-order chi connectivity index (χ1) is 22.8. The van der Waals surface area contributed by atoms with Crippen molar-refractivity contribution in [2.45, 2.75) is 44.6 Å². The summed E-state index contributed by atoms with van der Waals surface area (Å²) in [5, 5.41) is 35.4. The lowest BCUT2D eigenvalue weighted by molar-refractivity contribution is -0.144. The summed E-state index contributed by atoms with van der Waals surface area (Å²) >= 11 is 0. The first-order valence-corrected chi connectivity index (χ1v) is 16.4. The molecule has 3 aromatic carbocycles. The summed E-state index contributed by atoms with van der Waals surface area (Å²) in [4.78, 5) is 29.3. The van der Waals surface area contributed by atoms with Gasteiger partial charge in [0.15, 0.2) is 0 Å². The number of ether oxygens (including phenoxy) is 2. The second kappa shape index (κ2) is 16.4. The fraction of sp³-hybridized carbons (Fsp3) is 0.405. The van der Waals surface area contributed by atoms with Gasteiger partial charge in [-0.15, -0.1) is 0 Å². The minimum atomic E-state index is -0.793. The summed E-state index contributed by atoms with van der Waals surface area (Å²) in [5.41, 5.74) is 2.73. The molecule has 1 saturated heterocycles. The standard InChI is InChI=1S/C37H45N3O7/c1-40-18-15-25(16-19-40)24-47-35(45)22-27-8-6-10-31(41)36(27)26-7-5-9-28(21-26)46-20-4-2-3-17-38-23-33(43)29-11-13-32(42)37-30(29)12-14-34(44)39-37/h5-14,21,25,33,38,41-43H,2-4,15-20,22-24H2,1H3,(H,39,44)/t33-/m0/s1. The van der Waals surface area contributed by atoms with Crippen LogP contribution in [0.3, 0.4) is 0 Å². The van der Waals surface area contributed by atoms with Crippen molar-refractivity contribution in [1.82, 2.24) is 15.2 Å². The molecule has 10 heteroatoms. The first kappa shape index (κ1) is 34.0. The van der Waals surface area contributed by atoms with Crippen molar-refractivity contribution in [3.63, 3.8) is 0 Å². The van der Waals surface area contributed by atoms with E-state index in [-0.39, 0.29) is 29.4 Å². The highest BCUT2D eigenvalue weighted by Gasteiger charge is 2.20. The zero-order valence-electron chi connectivity index (χ0n) is 26.9. The van der Waals surface area contributed by atoms with Crippen LogP contribution in [0.2, 0.25) is 0 Å². The number of aliphatic hydroxyl groups is 1. The molecular weight excluding hydrogens is 598 g/mol. The van der Waals surface area contributed by atoms with Crippen molar-refractivity contribution >= 4 is 16.9 Å². The van der Waals surface area contributed by atoms with E-state index in [4.69, 9.17) is 9.47 Å². The molecule has 1 fully saturated rings. The number of piperidine rings is 1. The number of hydrogen-bond donors (Lipinski definition) is 5. The number of likely N-dealkylation sites (tertiary alicyclic amines) is 1. The molecule has 0 unspecified atom stereocenters. The molecule has 0 bridgehead atoms. The van der Waals surface area contributed by atoms with Crippen LogP contribution in [-0.2, 0) is 16.0 Å². The Morgan fingerprint density at radius 3 is 2.64 bits per heavy atom. The molecule has 5 N–H and O–H groups in total. The van der Waals surface area contributed by atoms with Crippen LogP contribution in [0.4, 0.5) is 0 Å². The Kier molecular flexibility index (Phi) is 11.9. The number of nitrogens with zero attached hydrogens (tertiary/aromatic N) is 1. The zero-order valence-corrected chi connectivity index (χ0v) is 26.9. The van der Waals surface area contributed by atoms with Crippen molar-refractivity contribution in [2.75, 3.05) is 46.4 Å². The Bertz CT molecular complexity index is 1700. The molecule has 0 amide bonds. The highest BCUT2D eigenvalue weighted by atomic mass is 16.5. The van der Waals surface area contributed by atoms with E-state index < -0.39 is 6.10 Å². The monoisotopic (exact) mass is 643 g/mol. The van der Waals surface area contributed by atoms with Crippen molar-refractivity contribution < 1.29 is 29.6 Å². The number of H-pyrrole nitrogens is 1. The van der Waals surface area contributed by atoms with E-state index in [0.717, 1.165) is 57.3 Å². The molecule has 0 radical (unpaired) electrons. The highest BCUT2D eigenvalue weighted by molar-refractivity contribution is 5.87. The number of phenolic OH excluding ortho intramolecular Hbond substituents is 2. The van der Waals surface area contributed by atoms with Gasteiger partial charge in [0, 0.05) is 23.6 Å². The summed E-state index contributed by atoms with van der Waals surface area (Å²) < 4.78 is 11.7. The van der Waals surface area contributed by atoms with E-state index >= 15 is 0 Å². The van der Waals surface area contributed by atoms with Gasteiger partial charge in [-0.25, -0.2) is 0 Å². The lowest BCUT2D eigenvalue weighted by atomic mass is 9.96. The number of hydrogen-bond acceptors (Lipinski definition) is 9. The third kappa shape index (κ3) is 9.34. The van der Waals surface area contributed by atoms with Gasteiger partial charge in [-0.05, 0) is 112 Å². The van der Waals surface area contributed by atoms with Crippen LogP contribution in [0.5, 0.6) is 17.2 Å². The Balaban J connectivity index is 1.05. The molecule has 5 rings (SSSR count). The molecule has 250 valence electrons. The zero-order chi connectivity index (χ0) is 33.2. The van der Waals surface area contributed by atoms with E-state index in [1.807, 2.05) is 30.3 Å². The number of esters is 1. The van der Waals surface area contributed by atoms with Crippen molar-refractivity contribution in [2.24, 2.45) is 5.92 Å². The molecular formula is C37H45N3O7.